The molecule has 2 aromatic heterocycles. The van der Waals surface area contributed by atoms with Gasteiger partial charge in [0.2, 0.25) is 0 Å². The normalized spacial score (nSPS) is 11.4. The predicted octanol–water partition coefficient (Wildman–Crippen LogP) is 1.23. The second kappa shape index (κ2) is 4.83. The summed E-state index contributed by atoms with van der Waals surface area (Å²) in [6, 6.07) is 2.14. The number of rotatable bonds is 2. The Bertz CT molecular complexity index is 650. The molecule has 0 unspecified atom stereocenters. The second-order valence-electron chi connectivity index (χ2n) is 3.85. The monoisotopic (exact) mass is 285 g/mol. The van der Waals surface area contributed by atoms with Crippen LogP contribution in [0, 0.1) is 0 Å². The number of alkyl halides is 3. The van der Waals surface area contributed by atoms with Crippen LogP contribution in [-0.4, -0.2) is 27.7 Å². The lowest BCUT2D eigenvalue weighted by Gasteiger charge is -2.10. The molecule has 6 nitrogen and oxygen atoms in total. The Balaban J connectivity index is 2.47. The van der Waals surface area contributed by atoms with Crippen LogP contribution in [0.4, 0.5) is 18.9 Å². The van der Waals surface area contributed by atoms with Crippen LogP contribution in [0.2, 0.25) is 0 Å². The lowest BCUT2D eigenvalue weighted by molar-refractivity contribution is -0.141. The number of nitrogens with zero attached hydrogens (tertiary/aromatic N) is 3. The summed E-state index contributed by atoms with van der Waals surface area (Å²) in [6.45, 7) is 0. The number of hydrogen-bond donors (Lipinski definition) is 2. The van der Waals surface area contributed by atoms with E-state index in [9.17, 15) is 18.0 Å². The van der Waals surface area contributed by atoms with E-state index >= 15 is 0 Å². The lowest BCUT2D eigenvalue weighted by Crippen LogP contribution is -2.18. The maximum absolute atomic E-state index is 12.6. The van der Waals surface area contributed by atoms with Crippen molar-refractivity contribution in [3.8, 4) is 5.69 Å². The third kappa shape index (κ3) is 2.56. The van der Waals surface area contributed by atoms with Gasteiger partial charge in [0, 0.05) is 13.2 Å². The SMILES string of the molecule is CNC(=O)c1ccn(-c2cc(C(F)(F)F)ncc2N)n1. The molecule has 0 aliphatic carbocycles. The first kappa shape index (κ1) is 13.8. The van der Waals surface area contributed by atoms with Crippen LogP contribution in [0.15, 0.2) is 24.5 Å². The van der Waals surface area contributed by atoms with Crippen molar-refractivity contribution in [1.82, 2.24) is 20.1 Å². The molecule has 106 valence electrons. The van der Waals surface area contributed by atoms with Crippen LogP contribution in [0.1, 0.15) is 16.2 Å². The van der Waals surface area contributed by atoms with Crippen molar-refractivity contribution in [2.45, 2.75) is 6.18 Å². The molecule has 0 atom stereocenters. The number of hydrogen-bond acceptors (Lipinski definition) is 4. The van der Waals surface area contributed by atoms with Crippen molar-refractivity contribution in [2.24, 2.45) is 0 Å². The van der Waals surface area contributed by atoms with Gasteiger partial charge in [-0.15, -0.1) is 0 Å². The third-order valence-corrected chi connectivity index (χ3v) is 2.50. The quantitative estimate of drug-likeness (QED) is 0.869. The van der Waals surface area contributed by atoms with Gasteiger partial charge in [-0.25, -0.2) is 9.67 Å². The average molecular weight is 285 g/mol. The number of halogens is 3. The van der Waals surface area contributed by atoms with E-state index in [4.69, 9.17) is 5.73 Å². The summed E-state index contributed by atoms with van der Waals surface area (Å²) < 4.78 is 38.9. The van der Waals surface area contributed by atoms with E-state index in [-0.39, 0.29) is 17.1 Å². The highest BCUT2D eigenvalue weighted by Crippen LogP contribution is 2.30. The number of anilines is 1. The molecule has 20 heavy (non-hydrogen) atoms. The highest BCUT2D eigenvalue weighted by Gasteiger charge is 2.33. The van der Waals surface area contributed by atoms with Gasteiger partial charge >= 0.3 is 6.18 Å². The van der Waals surface area contributed by atoms with Gasteiger partial charge in [0.1, 0.15) is 5.69 Å². The predicted molar refractivity (Wildman–Crippen MR) is 64.2 cm³/mol. The van der Waals surface area contributed by atoms with Crippen LogP contribution < -0.4 is 11.1 Å². The Morgan fingerprint density at radius 1 is 1.45 bits per heavy atom. The molecule has 0 aromatic carbocycles. The molecule has 1 amide bonds. The first-order chi connectivity index (χ1) is 9.32. The Hall–Kier alpha value is -2.58. The summed E-state index contributed by atoms with van der Waals surface area (Å²) in [5.41, 5.74) is 4.59. The zero-order valence-electron chi connectivity index (χ0n) is 10.3. The number of nitrogen functional groups attached to an aromatic ring is 1. The number of carbonyl (C=O) groups excluding carboxylic acids is 1. The third-order valence-electron chi connectivity index (χ3n) is 2.50. The molecular formula is C11H10F3N5O. The van der Waals surface area contributed by atoms with Crippen LogP contribution in [-0.2, 0) is 6.18 Å². The molecule has 0 aliphatic heterocycles. The minimum Gasteiger partial charge on any atom is -0.396 e. The number of pyridine rings is 1. The minimum absolute atomic E-state index is 0.00229. The maximum atomic E-state index is 12.6. The van der Waals surface area contributed by atoms with Crippen LogP contribution in [0.25, 0.3) is 5.69 Å². The molecule has 0 radical (unpaired) electrons. The summed E-state index contributed by atoms with van der Waals surface area (Å²) in [7, 11) is 1.42. The van der Waals surface area contributed by atoms with Crippen LogP contribution in [0.5, 0.6) is 0 Å². The van der Waals surface area contributed by atoms with E-state index in [0.29, 0.717) is 0 Å². The highest BCUT2D eigenvalue weighted by atomic mass is 19.4. The highest BCUT2D eigenvalue weighted by molar-refractivity contribution is 5.91. The second-order valence-corrected chi connectivity index (χ2v) is 3.85. The summed E-state index contributed by atoms with van der Waals surface area (Å²) in [5, 5.41) is 6.22. The number of aromatic nitrogens is 3. The molecule has 2 rings (SSSR count). The summed E-state index contributed by atoms with van der Waals surface area (Å²) in [6.07, 6.45) is -2.34. The van der Waals surface area contributed by atoms with Crippen LogP contribution >= 0.6 is 0 Å². The van der Waals surface area contributed by atoms with E-state index in [1.165, 1.54) is 19.3 Å². The molecule has 0 aliphatic rings. The van der Waals surface area contributed by atoms with E-state index < -0.39 is 17.8 Å². The van der Waals surface area contributed by atoms with E-state index in [1.54, 1.807) is 0 Å². The minimum atomic E-state index is -4.58. The van der Waals surface area contributed by atoms with Gasteiger partial charge in [-0.05, 0) is 12.1 Å². The average Bonchev–Trinajstić information content (AvgIpc) is 2.86. The topological polar surface area (TPSA) is 85.8 Å². The lowest BCUT2D eigenvalue weighted by atomic mass is 10.3. The zero-order valence-corrected chi connectivity index (χ0v) is 10.3. The van der Waals surface area contributed by atoms with E-state index in [2.05, 4.69) is 15.4 Å². The maximum Gasteiger partial charge on any atom is 0.433 e. The molecule has 3 N–H and O–H groups in total. The largest absolute Gasteiger partial charge is 0.433 e. The van der Waals surface area contributed by atoms with E-state index in [1.807, 2.05) is 0 Å². The number of nitrogens with one attached hydrogen (secondary N) is 1. The first-order valence-corrected chi connectivity index (χ1v) is 5.43. The van der Waals surface area contributed by atoms with Crippen molar-refractivity contribution >= 4 is 11.6 Å². The van der Waals surface area contributed by atoms with Crippen molar-refractivity contribution < 1.29 is 18.0 Å². The fourth-order valence-corrected chi connectivity index (χ4v) is 1.52. The van der Waals surface area contributed by atoms with Gasteiger partial charge in [0.25, 0.3) is 5.91 Å². The van der Waals surface area contributed by atoms with Gasteiger partial charge < -0.3 is 11.1 Å². The fraction of sp³-hybridized carbons (Fsp3) is 0.182. The van der Waals surface area contributed by atoms with Gasteiger partial charge in [-0.1, -0.05) is 0 Å². The molecule has 9 heteroatoms. The van der Waals surface area contributed by atoms with Gasteiger partial charge in [-0.2, -0.15) is 18.3 Å². The van der Waals surface area contributed by atoms with Gasteiger partial charge in [0.15, 0.2) is 5.69 Å². The van der Waals surface area contributed by atoms with E-state index in [0.717, 1.165) is 16.9 Å². The molecular weight excluding hydrogens is 275 g/mol. The number of nitrogens with two attached hydrogens (primary N) is 1. The summed E-state index contributed by atoms with van der Waals surface area (Å²) >= 11 is 0. The molecule has 2 heterocycles. The van der Waals surface area contributed by atoms with Crippen molar-refractivity contribution in [2.75, 3.05) is 12.8 Å². The Morgan fingerprint density at radius 2 is 2.15 bits per heavy atom. The Kier molecular flexibility index (Phi) is 3.35. The van der Waals surface area contributed by atoms with Gasteiger partial charge in [-0.3, -0.25) is 4.79 Å². The summed E-state index contributed by atoms with van der Waals surface area (Å²) in [5.74, 6) is -0.451. The Labute approximate surface area is 111 Å². The molecule has 0 spiro atoms. The number of carbonyl (C=O) groups is 1. The first-order valence-electron chi connectivity index (χ1n) is 5.43. The standard InChI is InChI=1S/C11H10F3N5O/c1-16-10(20)7-2-3-19(18-7)8-4-9(11(12,13)14)17-5-6(8)15/h2-5H,15H2,1H3,(H,16,20). The smallest absolute Gasteiger partial charge is 0.396 e. The molecule has 2 aromatic rings. The molecule has 0 saturated carbocycles. The van der Waals surface area contributed by atoms with Crippen molar-refractivity contribution in [1.29, 1.82) is 0 Å². The molecule has 0 bridgehead atoms. The molecule has 0 fully saturated rings. The van der Waals surface area contributed by atoms with Crippen molar-refractivity contribution in [3.05, 3.63) is 35.9 Å². The Morgan fingerprint density at radius 3 is 2.75 bits per heavy atom. The van der Waals surface area contributed by atoms with Crippen LogP contribution in [0.3, 0.4) is 0 Å². The number of amides is 1. The van der Waals surface area contributed by atoms with Gasteiger partial charge in [0.05, 0.1) is 17.6 Å². The molecule has 0 saturated heterocycles. The zero-order chi connectivity index (χ0) is 14.9. The fourth-order valence-electron chi connectivity index (χ4n) is 1.52. The summed E-state index contributed by atoms with van der Waals surface area (Å²) in [4.78, 5) is 14.6. The van der Waals surface area contributed by atoms with Crippen molar-refractivity contribution in [3.63, 3.8) is 0 Å².